The molecule has 0 atom stereocenters. The van der Waals surface area contributed by atoms with E-state index in [0.29, 0.717) is 33.5 Å². The highest BCUT2D eigenvalue weighted by molar-refractivity contribution is 6.07. The van der Waals surface area contributed by atoms with E-state index in [9.17, 15) is 9.59 Å². The number of aryl methyl sites for hydroxylation is 3. The molecule has 0 aliphatic rings. The second kappa shape index (κ2) is 7.53. The van der Waals surface area contributed by atoms with Crippen LogP contribution in [0.1, 0.15) is 27.3 Å². The van der Waals surface area contributed by atoms with Crippen LogP contribution in [0.3, 0.4) is 0 Å². The first-order valence-electron chi connectivity index (χ1n) is 8.73. The van der Waals surface area contributed by atoms with E-state index in [0.717, 1.165) is 5.69 Å². The first-order chi connectivity index (χ1) is 13.3. The van der Waals surface area contributed by atoms with Gasteiger partial charge < -0.3 is 10.2 Å². The number of benzene rings is 1. The van der Waals surface area contributed by atoms with Crippen LogP contribution in [-0.2, 0) is 11.8 Å². The van der Waals surface area contributed by atoms with Crippen LogP contribution in [0, 0.1) is 26.2 Å². The molecule has 28 heavy (non-hydrogen) atoms. The van der Waals surface area contributed by atoms with Gasteiger partial charge in [-0.1, -0.05) is 12.0 Å². The Morgan fingerprint density at radius 3 is 2.75 bits per heavy atom. The highest BCUT2D eigenvalue weighted by atomic mass is 16.2. The van der Waals surface area contributed by atoms with Crippen LogP contribution in [0.15, 0.2) is 30.3 Å². The van der Waals surface area contributed by atoms with Crippen molar-refractivity contribution in [3.63, 3.8) is 0 Å². The Morgan fingerprint density at radius 1 is 1.29 bits per heavy atom. The summed E-state index contributed by atoms with van der Waals surface area (Å²) < 4.78 is 1.65. The van der Waals surface area contributed by atoms with Crippen molar-refractivity contribution in [1.82, 2.24) is 19.7 Å². The van der Waals surface area contributed by atoms with E-state index >= 15 is 0 Å². The predicted molar refractivity (Wildman–Crippen MR) is 108 cm³/mol. The Hall–Kier alpha value is -3.66. The number of aromatic nitrogens is 3. The fraction of sp³-hybridized carbons (Fsp3) is 0.238. The first kappa shape index (κ1) is 19.1. The summed E-state index contributed by atoms with van der Waals surface area (Å²) >= 11 is 0. The summed E-state index contributed by atoms with van der Waals surface area (Å²) in [7, 11) is 3.38. The molecule has 0 saturated carbocycles. The molecule has 7 nitrogen and oxygen atoms in total. The van der Waals surface area contributed by atoms with E-state index in [1.165, 1.54) is 4.90 Å². The van der Waals surface area contributed by atoms with Gasteiger partial charge in [-0.2, -0.15) is 5.10 Å². The number of anilines is 1. The lowest BCUT2D eigenvalue weighted by atomic mass is 10.1. The maximum Gasteiger partial charge on any atom is 0.254 e. The lowest BCUT2D eigenvalue weighted by Crippen LogP contribution is -2.35. The van der Waals surface area contributed by atoms with E-state index in [-0.39, 0.29) is 18.4 Å². The number of terminal acetylenes is 1. The quantitative estimate of drug-likeness (QED) is 0.710. The molecule has 142 valence electrons. The van der Waals surface area contributed by atoms with Crippen LogP contribution in [0.5, 0.6) is 0 Å². The Balaban J connectivity index is 1.80. The third-order valence-electron chi connectivity index (χ3n) is 4.37. The van der Waals surface area contributed by atoms with Gasteiger partial charge in [-0.3, -0.25) is 14.3 Å². The summed E-state index contributed by atoms with van der Waals surface area (Å²) in [5, 5.41) is 7.82. The fourth-order valence-electron chi connectivity index (χ4n) is 3.12. The Morgan fingerprint density at radius 2 is 2.04 bits per heavy atom. The molecular formula is C21H21N5O2. The lowest BCUT2D eigenvalue weighted by Gasteiger charge is -2.18. The standard InChI is InChI=1S/C21H21N5O2/c1-6-15-8-7-9-16(11-15)23-18(27)12-25(4)21(28)17-10-13(2)22-20-19(17)14(3)24-26(20)5/h1,7-11H,12H2,2-5H3,(H,23,27). The van der Waals surface area contributed by atoms with Crippen molar-refractivity contribution in [3.8, 4) is 12.3 Å². The molecule has 1 N–H and O–H groups in total. The fourth-order valence-corrected chi connectivity index (χ4v) is 3.12. The number of hydrogen-bond donors (Lipinski definition) is 1. The summed E-state index contributed by atoms with van der Waals surface area (Å²) in [6, 6.07) is 8.72. The minimum atomic E-state index is -0.310. The van der Waals surface area contributed by atoms with Gasteiger partial charge in [-0.05, 0) is 38.1 Å². The van der Waals surface area contributed by atoms with Crippen molar-refractivity contribution in [2.75, 3.05) is 18.9 Å². The molecule has 0 aliphatic carbocycles. The molecular weight excluding hydrogens is 354 g/mol. The molecule has 0 aliphatic heterocycles. The molecule has 7 heteroatoms. The number of carbonyl (C=O) groups is 2. The SMILES string of the molecule is C#Cc1cccc(NC(=O)CN(C)C(=O)c2cc(C)nc3c2c(C)nn3C)c1. The van der Waals surface area contributed by atoms with Crippen LogP contribution in [0.25, 0.3) is 11.0 Å². The minimum Gasteiger partial charge on any atom is -0.332 e. The van der Waals surface area contributed by atoms with E-state index in [4.69, 9.17) is 6.42 Å². The van der Waals surface area contributed by atoms with Crippen LogP contribution >= 0.6 is 0 Å². The lowest BCUT2D eigenvalue weighted by molar-refractivity contribution is -0.116. The number of pyridine rings is 1. The molecule has 2 heterocycles. The van der Waals surface area contributed by atoms with Crippen LogP contribution < -0.4 is 5.32 Å². The molecule has 1 aromatic carbocycles. The van der Waals surface area contributed by atoms with Gasteiger partial charge in [0.25, 0.3) is 5.91 Å². The molecule has 0 saturated heterocycles. The average molecular weight is 375 g/mol. The second-order valence-electron chi connectivity index (χ2n) is 6.65. The summed E-state index contributed by atoms with van der Waals surface area (Å²) in [5.74, 6) is 1.95. The highest BCUT2D eigenvalue weighted by Gasteiger charge is 2.21. The number of carbonyl (C=O) groups excluding carboxylic acids is 2. The largest absolute Gasteiger partial charge is 0.332 e. The third-order valence-corrected chi connectivity index (χ3v) is 4.37. The summed E-state index contributed by atoms with van der Waals surface area (Å²) in [5.41, 5.74) is 3.82. The van der Waals surface area contributed by atoms with Gasteiger partial charge in [0.15, 0.2) is 5.65 Å². The van der Waals surface area contributed by atoms with Gasteiger partial charge >= 0.3 is 0 Å². The van der Waals surface area contributed by atoms with Crippen molar-refractivity contribution < 1.29 is 9.59 Å². The Bertz CT molecular complexity index is 1120. The maximum absolute atomic E-state index is 13.0. The summed E-state index contributed by atoms with van der Waals surface area (Å²) in [6.45, 7) is 3.56. The molecule has 3 aromatic rings. The average Bonchev–Trinajstić information content (AvgIpc) is 2.94. The van der Waals surface area contributed by atoms with E-state index < -0.39 is 0 Å². The van der Waals surface area contributed by atoms with Crippen LogP contribution in [-0.4, -0.2) is 45.1 Å². The van der Waals surface area contributed by atoms with Crippen molar-refractivity contribution in [3.05, 3.63) is 52.8 Å². The molecule has 0 fully saturated rings. The number of nitrogens with one attached hydrogen (secondary N) is 1. The molecule has 0 bridgehead atoms. The molecule has 0 unspecified atom stereocenters. The first-order valence-corrected chi connectivity index (χ1v) is 8.73. The summed E-state index contributed by atoms with van der Waals surface area (Å²) in [6.07, 6.45) is 5.38. The zero-order valence-electron chi connectivity index (χ0n) is 16.3. The van der Waals surface area contributed by atoms with Gasteiger partial charge in [0, 0.05) is 31.0 Å². The number of likely N-dealkylation sites (N-methyl/N-ethyl adjacent to an activating group) is 1. The Labute approximate surface area is 163 Å². The molecule has 3 rings (SSSR count). The topological polar surface area (TPSA) is 80.1 Å². The van der Waals surface area contributed by atoms with Crippen molar-refractivity contribution in [2.24, 2.45) is 7.05 Å². The zero-order chi connectivity index (χ0) is 20.4. The Kier molecular flexibility index (Phi) is 5.14. The third kappa shape index (κ3) is 3.71. The minimum absolute atomic E-state index is 0.0959. The molecule has 0 spiro atoms. The van der Waals surface area contributed by atoms with Crippen molar-refractivity contribution in [2.45, 2.75) is 13.8 Å². The summed E-state index contributed by atoms with van der Waals surface area (Å²) in [4.78, 5) is 31.2. The molecule has 2 amide bonds. The highest BCUT2D eigenvalue weighted by Crippen LogP contribution is 2.22. The second-order valence-corrected chi connectivity index (χ2v) is 6.65. The predicted octanol–water partition coefficient (Wildman–Crippen LogP) is 2.28. The number of amides is 2. The van der Waals surface area contributed by atoms with Gasteiger partial charge in [-0.15, -0.1) is 6.42 Å². The smallest absolute Gasteiger partial charge is 0.254 e. The zero-order valence-corrected chi connectivity index (χ0v) is 16.3. The van der Waals surface area contributed by atoms with Crippen molar-refractivity contribution >= 4 is 28.5 Å². The van der Waals surface area contributed by atoms with E-state index in [1.54, 1.807) is 49.1 Å². The normalized spacial score (nSPS) is 10.5. The van der Waals surface area contributed by atoms with Gasteiger partial charge in [-0.25, -0.2) is 4.98 Å². The van der Waals surface area contributed by atoms with E-state index in [1.807, 2.05) is 13.8 Å². The monoisotopic (exact) mass is 375 g/mol. The molecule has 2 aromatic heterocycles. The number of nitrogens with zero attached hydrogens (tertiary/aromatic N) is 4. The van der Waals surface area contributed by atoms with Crippen LogP contribution in [0.2, 0.25) is 0 Å². The van der Waals surface area contributed by atoms with Gasteiger partial charge in [0.2, 0.25) is 5.91 Å². The van der Waals surface area contributed by atoms with Crippen molar-refractivity contribution in [1.29, 1.82) is 0 Å². The van der Waals surface area contributed by atoms with Gasteiger partial charge in [0.1, 0.15) is 0 Å². The number of rotatable bonds is 4. The maximum atomic E-state index is 13.0. The van der Waals surface area contributed by atoms with Gasteiger partial charge in [0.05, 0.1) is 23.2 Å². The molecule has 0 radical (unpaired) electrons. The van der Waals surface area contributed by atoms with Crippen LogP contribution in [0.4, 0.5) is 5.69 Å². The van der Waals surface area contributed by atoms with E-state index in [2.05, 4.69) is 21.3 Å². The number of fused-ring (bicyclic) bond motifs is 1. The number of hydrogen-bond acceptors (Lipinski definition) is 4.